The van der Waals surface area contributed by atoms with Gasteiger partial charge in [0.1, 0.15) is 5.65 Å². The monoisotopic (exact) mass is 272 g/mol. The number of hydrogen-bond acceptors (Lipinski definition) is 1. The Morgan fingerprint density at radius 2 is 1.62 bits per heavy atom. The highest BCUT2D eigenvalue weighted by molar-refractivity contribution is 5.92. The van der Waals surface area contributed by atoms with Gasteiger partial charge in [0.05, 0.1) is 5.52 Å². The second-order valence-corrected chi connectivity index (χ2v) is 5.45. The molecule has 2 aromatic carbocycles. The molecule has 0 spiro atoms. The summed E-state index contributed by atoms with van der Waals surface area (Å²) in [5.74, 6) is 0. The summed E-state index contributed by atoms with van der Waals surface area (Å²) in [6.45, 7) is 3.01. The number of benzene rings is 2. The number of aromatic nitrogens is 2. The Hall–Kier alpha value is -2.61. The van der Waals surface area contributed by atoms with Crippen LogP contribution in [-0.2, 0) is 6.54 Å². The van der Waals surface area contributed by atoms with Gasteiger partial charge in [0.2, 0.25) is 0 Å². The van der Waals surface area contributed by atoms with Crippen molar-refractivity contribution in [2.45, 2.75) is 13.5 Å². The Bertz CT molecular complexity index is 920. The molecule has 0 atom stereocenters. The zero-order valence-corrected chi connectivity index (χ0v) is 12.0. The van der Waals surface area contributed by atoms with E-state index in [1.54, 1.807) is 0 Å². The molecule has 0 saturated heterocycles. The van der Waals surface area contributed by atoms with Gasteiger partial charge >= 0.3 is 0 Å². The lowest BCUT2D eigenvalue weighted by Crippen LogP contribution is -2.02. The summed E-state index contributed by atoms with van der Waals surface area (Å²) >= 11 is 0. The lowest BCUT2D eigenvalue weighted by atomic mass is 10.2. The van der Waals surface area contributed by atoms with Crippen molar-refractivity contribution in [1.29, 1.82) is 0 Å². The second kappa shape index (κ2) is 4.74. The van der Waals surface area contributed by atoms with Crippen molar-refractivity contribution in [1.82, 2.24) is 9.55 Å². The van der Waals surface area contributed by atoms with Crippen LogP contribution in [0.25, 0.3) is 21.9 Å². The molecule has 2 heteroatoms. The van der Waals surface area contributed by atoms with Crippen molar-refractivity contribution in [2.75, 3.05) is 0 Å². The van der Waals surface area contributed by atoms with Gasteiger partial charge in [-0.3, -0.25) is 0 Å². The summed E-state index contributed by atoms with van der Waals surface area (Å²) in [7, 11) is 0. The van der Waals surface area contributed by atoms with Crippen molar-refractivity contribution in [3.05, 3.63) is 78.0 Å². The Morgan fingerprint density at radius 1 is 0.857 bits per heavy atom. The van der Waals surface area contributed by atoms with Gasteiger partial charge in [0.25, 0.3) is 0 Å². The zero-order valence-electron chi connectivity index (χ0n) is 12.0. The molecule has 0 unspecified atom stereocenters. The van der Waals surface area contributed by atoms with Crippen LogP contribution in [0.4, 0.5) is 0 Å². The molecule has 0 radical (unpaired) electrons. The normalized spacial score (nSPS) is 11.3. The first kappa shape index (κ1) is 12.2. The first-order valence-corrected chi connectivity index (χ1v) is 7.21. The summed E-state index contributed by atoms with van der Waals surface area (Å²) in [5.41, 5.74) is 4.66. The maximum absolute atomic E-state index is 4.86. The predicted molar refractivity (Wildman–Crippen MR) is 87.5 cm³/mol. The fraction of sp³-hybridized carbons (Fsp3) is 0.105. The summed E-state index contributed by atoms with van der Waals surface area (Å²) in [6, 6.07) is 23.3. The quantitative estimate of drug-likeness (QED) is 0.523. The number of nitrogens with zero attached hydrogens (tertiary/aromatic N) is 2. The molecule has 0 bridgehead atoms. The summed E-state index contributed by atoms with van der Waals surface area (Å²) in [6.07, 6.45) is 0. The van der Waals surface area contributed by atoms with Crippen LogP contribution in [-0.4, -0.2) is 9.55 Å². The van der Waals surface area contributed by atoms with Crippen molar-refractivity contribution in [3.8, 4) is 0 Å². The summed E-state index contributed by atoms with van der Waals surface area (Å²) in [4.78, 5) is 4.86. The van der Waals surface area contributed by atoms with Gasteiger partial charge < -0.3 is 4.57 Å². The predicted octanol–water partition coefficient (Wildman–Crippen LogP) is 4.55. The second-order valence-electron chi connectivity index (χ2n) is 5.45. The SMILES string of the molecule is Cc1cc2cc3ccccc3nc2n1Cc1ccccc1. The first-order chi connectivity index (χ1) is 10.3. The van der Waals surface area contributed by atoms with Gasteiger partial charge in [-0.2, -0.15) is 0 Å². The fourth-order valence-electron chi connectivity index (χ4n) is 2.88. The van der Waals surface area contributed by atoms with Crippen molar-refractivity contribution >= 4 is 21.9 Å². The van der Waals surface area contributed by atoms with Crippen LogP contribution in [0.5, 0.6) is 0 Å². The summed E-state index contributed by atoms with van der Waals surface area (Å²) < 4.78 is 2.29. The molecule has 0 aliphatic carbocycles. The average Bonchev–Trinajstić information content (AvgIpc) is 2.81. The molecule has 0 saturated carbocycles. The molecule has 4 rings (SSSR count). The highest BCUT2D eigenvalue weighted by Crippen LogP contribution is 2.23. The smallest absolute Gasteiger partial charge is 0.141 e. The van der Waals surface area contributed by atoms with Crippen LogP contribution in [0, 0.1) is 6.92 Å². The third kappa shape index (κ3) is 2.09. The number of pyridine rings is 1. The van der Waals surface area contributed by atoms with Crippen molar-refractivity contribution < 1.29 is 0 Å². The molecule has 2 nitrogen and oxygen atoms in total. The minimum Gasteiger partial charge on any atom is -0.325 e. The molecule has 21 heavy (non-hydrogen) atoms. The van der Waals surface area contributed by atoms with E-state index in [-0.39, 0.29) is 0 Å². The first-order valence-electron chi connectivity index (χ1n) is 7.21. The molecule has 0 N–H and O–H groups in total. The Labute approximate surface area is 123 Å². The molecule has 2 aromatic heterocycles. The molecule has 4 aromatic rings. The minimum atomic E-state index is 0.863. The largest absolute Gasteiger partial charge is 0.325 e. The van der Waals surface area contributed by atoms with Crippen LogP contribution in [0.1, 0.15) is 11.3 Å². The maximum Gasteiger partial charge on any atom is 0.141 e. The van der Waals surface area contributed by atoms with Gasteiger partial charge in [-0.25, -0.2) is 4.98 Å². The van der Waals surface area contributed by atoms with E-state index in [1.165, 1.54) is 22.0 Å². The third-order valence-corrected chi connectivity index (χ3v) is 3.96. The van der Waals surface area contributed by atoms with Gasteiger partial charge in [0, 0.05) is 23.0 Å². The van der Waals surface area contributed by atoms with Crippen LogP contribution < -0.4 is 0 Å². The van der Waals surface area contributed by atoms with E-state index in [2.05, 4.69) is 72.2 Å². The lowest BCUT2D eigenvalue weighted by Gasteiger charge is -2.08. The van der Waals surface area contributed by atoms with Gasteiger partial charge in [-0.1, -0.05) is 48.5 Å². The standard InChI is InChI=1S/C19H16N2/c1-14-11-17-12-16-9-5-6-10-18(16)20-19(17)21(14)13-15-7-3-2-4-8-15/h2-12H,13H2,1H3. The molecular formula is C19H16N2. The molecule has 102 valence electrons. The molecule has 0 amide bonds. The van der Waals surface area contributed by atoms with E-state index < -0.39 is 0 Å². The van der Waals surface area contributed by atoms with Crippen LogP contribution >= 0.6 is 0 Å². The number of fused-ring (bicyclic) bond motifs is 2. The van der Waals surface area contributed by atoms with Crippen molar-refractivity contribution in [2.24, 2.45) is 0 Å². The van der Waals surface area contributed by atoms with Crippen LogP contribution in [0.2, 0.25) is 0 Å². The topological polar surface area (TPSA) is 17.8 Å². The highest BCUT2D eigenvalue weighted by atomic mass is 15.0. The number of aryl methyl sites for hydroxylation is 1. The molecule has 0 aliphatic heterocycles. The Kier molecular flexibility index (Phi) is 2.74. The van der Waals surface area contributed by atoms with Gasteiger partial charge in [-0.05, 0) is 30.7 Å². The number of hydrogen-bond donors (Lipinski definition) is 0. The van der Waals surface area contributed by atoms with E-state index in [0.717, 1.165) is 17.7 Å². The van der Waals surface area contributed by atoms with Crippen molar-refractivity contribution in [3.63, 3.8) is 0 Å². The maximum atomic E-state index is 4.86. The average molecular weight is 272 g/mol. The molecule has 0 aliphatic rings. The molecule has 2 heterocycles. The Morgan fingerprint density at radius 3 is 2.48 bits per heavy atom. The van der Waals surface area contributed by atoms with E-state index >= 15 is 0 Å². The van der Waals surface area contributed by atoms with E-state index in [0.29, 0.717) is 0 Å². The molecular weight excluding hydrogens is 256 g/mol. The molecule has 0 fully saturated rings. The summed E-state index contributed by atoms with van der Waals surface area (Å²) in [5, 5.41) is 2.41. The number of para-hydroxylation sites is 1. The van der Waals surface area contributed by atoms with E-state index in [1.807, 2.05) is 6.07 Å². The van der Waals surface area contributed by atoms with Crippen LogP contribution in [0.15, 0.2) is 66.7 Å². The van der Waals surface area contributed by atoms with Gasteiger partial charge in [0.15, 0.2) is 0 Å². The Balaban J connectivity index is 1.91. The van der Waals surface area contributed by atoms with Gasteiger partial charge in [-0.15, -0.1) is 0 Å². The van der Waals surface area contributed by atoms with E-state index in [4.69, 9.17) is 4.98 Å². The zero-order chi connectivity index (χ0) is 14.2. The highest BCUT2D eigenvalue weighted by Gasteiger charge is 2.09. The van der Waals surface area contributed by atoms with Crippen LogP contribution in [0.3, 0.4) is 0 Å². The minimum absolute atomic E-state index is 0.863. The third-order valence-electron chi connectivity index (χ3n) is 3.96. The number of rotatable bonds is 2. The fourth-order valence-corrected chi connectivity index (χ4v) is 2.88. The lowest BCUT2D eigenvalue weighted by molar-refractivity contribution is 0.796. The van der Waals surface area contributed by atoms with E-state index in [9.17, 15) is 0 Å².